The molecule has 2 aromatic rings. The zero-order valence-corrected chi connectivity index (χ0v) is 12.9. The minimum atomic E-state index is -0.306. The fourth-order valence-electron chi connectivity index (χ4n) is 2.03. The lowest BCUT2D eigenvalue weighted by Gasteiger charge is -2.10. The number of fused-ring (bicyclic) bond motifs is 1. The summed E-state index contributed by atoms with van der Waals surface area (Å²) in [5.41, 5.74) is 2.38. The normalized spacial score (nSPS) is 12.1. The highest BCUT2D eigenvalue weighted by atomic mass is 79.9. The summed E-state index contributed by atoms with van der Waals surface area (Å²) < 4.78 is 11.5. The van der Waals surface area contributed by atoms with Gasteiger partial charge in [0.1, 0.15) is 0 Å². The molecule has 5 nitrogen and oxygen atoms in total. The van der Waals surface area contributed by atoms with Crippen LogP contribution in [0.25, 0.3) is 0 Å². The van der Waals surface area contributed by atoms with Crippen molar-refractivity contribution in [3.8, 4) is 11.5 Å². The van der Waals surface area contributed by atoms with Gasteiger partial charge in [-0.05, 0) is 42.8 Å². The number of anilines is 2. The van der Waals surface area contributed by atoms with Gasteiger partial charge in [-0.3, -0.25) is 0 Å². The maximum Gasteiger partial charge on any atom is 0.323 e. The smallest absolute Gasteiger partial charge is 0.323 e. The SMILES string of the molecule is Cc1cc(Br)ccc1NC(=O)Nc1ccc2c(c1)OCO2. The highest BCUT2D eigenvalue weighted by Gasteiger charge is 2.14. The molecule has 1 heterocycles. The molecular formula is C15H13BrN2O3. The van der Waals surface area contributed by atoms with Crippen LogP contribution in [0.2, 0.25) is 0 Å². The predicted molar refractivity (Wildman–Crippen MR) is 84.1 cm³/mol. The Morgan fingerprint density at radius 1 is 1.10 bits per heavy atom. The summed E-state index contributed by atoms with van der Waals surface area (Å²) in [7, 11) is 0. The summed E-state index contributed by atoms with van der Waals surface area (Å²) in [6, 6.07) is 10.6. The van der Waals surface area contributed by atoms with Crippen molar-refractivity contribution >= 4 is 33.3 Å². The first-order chi connectivity index (χ1) is 10.1. The van der Waals surface area contributed by atoms with Crippen LogP contribution in [-0.2, 0) is 0 Å². The van der Waals surface area contributed by atoms with E-state index in [1.165, 1.54) is 0 Å². The number of amides is 2. The molecule has 0 atom stereocenters. The molecule has 0 aromatic heterocycles. The molecular weight excluding hydrogens is 336 g/mol. The Hall–Kier alpha value is -2.21. The van der Waals surface area contributed by atoms with E-state index < -0.39 is 0 Å². The van der Waals surface area contributed by atoms with Gasteiger partial charge in [0.25, 0.3) is 0 Å². The third-order valence-corrected chi connectivity index (χ3v) is 3.56. The van der Waals surface area contributed by atoms with Crippen molar-refractivity contribution < 1.29 is 14.3 Å². The van der Waals surface area contributed by atoms with E-state index in [1.807, 2.05) is 25.1 Å². The molecule has 6 heteroatoms. The Balaban J connectivity index is 1.69. The van der Waals surface area contributed by atoms with Gasteiger partial charge in [-0.2, -0.15) is 0 Å². The molecule has 0 unspecified atom stereocenters. The largest absolute Gasteiger partial charge is 0.454 e. The lowest BCUT2D eigenvalue weighted by Crippen LogP contribution is -2.19. The molecule has 0 spiro atoms. The molecule has 0 radical (unpaired) electrons. The number of nitrogens with one attached hydrogen (secondary N) is 2. The quantitative estimate of drug-likeness (QED) is 0.857. The zero-order chi connectivity index (χ0) is 14.8. The van der Waals surface area contributed by atoms with E-state index in [2.05, 4.69) is 26.6 Å². The number of carbonyl (C=O) groups excluding carboxylic acids is 1. The van der Waals surface area contributed by atoms with E-state index in [0.717, 1.165) is 15.7 Å². The summed E-state index contributed by atoms with van der Waals surface area (Å²) in [6.07, 6.45) is 0. The van der Waals surface area contributed by atoms with Gasteiger partial charge in [0, 0.05) is 21.9 Å². The highest BCUT2D eigenvalue weighted by molar-refractivity contribution is 9.10. The lowest BCUT2D eigenvalue weighted by atomic mass is 10.2. The number of carbonyl (C=O) groups is 1. The van der Waals surface area contributed by atoms with Crippen LogP contribution in [0.1, 0.15) is 5.56 Å². The summed E-state index contributed by atoms with van der Waals surface area (Å²) in [6.45, 7) is 2.14. The van der Waals surface area contributed by atoms with Gasteiger partial charge in [0.15, 0.2) is 11.5 Å². The van der Waals surface area contributed by atoms with Crippen LogP contribution >= 0.6 is 15.9 Å². The second kappa shape index (κ2) is 5.65. The van der Waals surface area contributed by atoms with Crippen molar-refractivity contribution in [2.45, 2.75) is 6.92 Å². The van der Waals surface area contributed by atoms with Crippen molar-refractivity contribution in [1.29, 1.82) is 0 Å². The number of hydrogen-bond donors (Lipinski definition) is 2. The van der Waals surface area contributed by atoms with E-state index in [1.54, 1.807) is 18.2 Å². The third kappa shape index (κ3) is 3.11. The molecule has 2 aromatic carbocycles. The average molecular weight is 349 g/mol. The highest BCUT2D eigenvalue weighted by Crippen LogP contribution is 2.34. The fourth-order valence-corrected chi connectivity index (χ4v) is 2.50. The monoisotopic (exact) mass is 348 g/mol. The van der Waals surface area contributed by atoms with E-state index >= 15 is 0 Å². The molecule has 3 rings (SSSR count). The van der Waals surface area contributed by atoms with Gasteiger partial charge in [-0.15, -0.1) is 0 Å². The average Bonchev–Trinajstić information content (AvgIpc) is 2.89. The number of aryl methyl sites for hydroxylation is 1. The van der Waals surface area contributed by atoms with E-state index in [-0.39, 0.29) is 12.8 Å². The van der Waals surface area contributed by atoms with Crippen LogP contribution in [-0.4, -0.2) is 12.8 Å². The van der Waals surface area contributed by atoms with Crippen molar-refractivity contribution in [2.24, 2.45) is 0 Å². The number of hydrogen-bond acceptors (Lipinski definition) is 3. The number of ether oxygens (including phenoxy) is 2. The second-order valence-corrected chi connectivity index (χ2v) is 5.52. The summed E-state index contributed by atoms with van der Waals surface area (Å²) in [5, 5.41) is 5.58. The van der Waals surface area contributed by atoms with Crippen LogP contribution < -0.4 is 20.1 Å². The first kappa shape index (κ1) is 13.8. The van der Waals surface area contributed by atoms with Crippen LogP contribution in [0, 0.1) is 6.92 Å². The first-order valence-electron chi connectivity index (χ1n) is 6.35. The molecule has 1 aliphatic rings. The fraction of sp³-hybridized carbons (Fsp3) is 0.133. The molecule has 2 amide bonds. The molecule has 0 aliphatic carbocycles. The van der Waals surface area contributed by atoms with E-state index in [0.29, 0.717) is 17.2 Å². The number of urea groups is 1. The maximum atomic E-state index is 12.0. The van der Waals surface area contributed by atoms with Crippen molar-refractivity contribution in [1.82, 2.24) is 0 Å². The molecule has 0 fully saturated rings. The van der Waals surface area contributed by atoms with E-state index in [9.17, 15) is 4.79 Å². The van der Waals surface area contributed by atoms with Gasteiger partial charge in [0.05, 0.1) is 0 Å². The van der Waals surface area contributed by atoms with E-state index in [4.69, 9.17) is 9.47 Å². The zero-order valence-electron chi connectivity index (χ0n) is 11.3. The maximum absolute atomic E-state index is 12.0. The molecule has 21 heavy (non-hydrogen) atoms. The summed E-state index contributed by atoms with van der Waals surface area (Å²) in [5.74, 6) is 1.32. The van der Waals surface area contributed by atoms with Gasteiger partial charge in [0.2, 0.25) is 6.79 Å². The van der Waals surface area contributed by atoms with Crippen LogP contribution in [0.4, 0.5) is 16.2 Å². The molecule has 0 bridgehead atoms. The Morgan fingerprint density at radius 2 is 1.90 bits per heavy atom. The Bertz CT molecular complexity index is 703. The van der Waals surface area contributed by atoms with Crippen LogP contribution in [0.5, 0.6) is 11.5 Å². The van der Waals surface area contributed by atoms with Gasteiger partial charge >= 0.3 is 6.03 Å². The minimum Gasteiger partial charge on any atom is -0.454 e. The molecule has 1 aliphatic heterocycles. The third-order valence-electron chi connectivity index (χ3n) is 3.07. The second-order valence-electron chi connectivity index (χ2n) is 4.61. The topological polar surface area (TPSA) is 59.6 Å². The predicted octanol–water partition coefficient (Wildman–Crippen LogP) is 4.13. The Kier molecular flexibility index (Phi) is 3.70. The molecule has 108 valence electrons. The van der Waals surface area contributed by atoms with Gasteiger partial charge in [-0.25, -0.2) is 4.79 Å². The Morgan fingerprint density at radius 3 is 2.71 bits per heavy atom. The van der Waals surface area contributed by atoms with Gasteiger partial charge in [-0.1, -0.05) is 15.9 Å². The summed E-state index contributed by atoms with van der Waals surface area (Å²) in [4.78, 5) is 12.0. The Labute approximate surface area is 130 Å². The molecule has 0 saturated carbocycles. The van der Waals surface area contributed by atoms with Crippen LogP contribution in [0.15, 0.2) is 40.9 Å². The standard InChI is InChI=1S/C15H13BrN2O3/c1-9-6-10(16)2-4-12(9)18-15(19)17-11-3-5-13-14(7-11)21-8-20-13/h2-7H,8H2,1H3,(H2,17,18,19). The first-order valence-corrected chi connectivity index (χ1v) is 7.15. The summed E-state index contributed by atoms with van der Waals surface area (Å²) >= 11 is 3.39. The van der Waals surface area contributed by atoms with Crippen molar-refractivity contribution in [3.63, 3.8) is 0 Å². The number of benzene rings is 2. The van der Waals surface area contributed by atoms with Crippen molar-refractivity contribution in [3.05, 3.63) is 46.4 Å². The van der Waals surface area contributed by atoms with Crippen molar-refractivity contribution in [2.75, 3.05) is 17.4 Å². The number of halogens is 1. The van der Waals surface area contributed by atoms with Crippen LogP contribution in [0.3, 0.4) is 0 Å². The minimum absolute atomic E-state index is 0.211. The lowest BCUT2D eigenvalue weighted by molar-refractivity contribution is 0.174. The number of rotatable bonds is 2. The molecule has 0 saturated heterocycles. The van der Waals surface area contributed by atoms with Gasteiger partial charge < -0.3 is 20.1 Å². The molecule has 2 N–H and O–H groups in total.